The van der Waals surface area contributed by atoms with E-state index in [0.29, 0.717) is 11.8 Å². The second-order valence-corrected chi connectivity index (χ2v) is 1.13. The van der Waals surface area contributed by atoms with Crippen LogP contribution >= 0.6 is 23.2 Å². The molecule has 0 atom stereocenters. The Morgan fingerprint density at radius 3 is 1.40 bits per heavy atom. The molecule has 0 aliphatic rings. The largest absolute Gasteiger partial charge is 1.00 e. The van der Waals surface area contributed by atoms with Gasteiger partial charge in [-0.2, -0.15) is 0 Å². The molecule has 0 unspecified atom stereocenters. The molecule has 0 aromatic rings. The van der Waals surface area contributed by atoms with Gasteiger partial charge in [-0.25, -0.2) is 0 Å². The monoisotopic (exact) mass is 122 g/mol. The Labute approximate surface area is 65.6 Å². The quantitative estimate of drug-likeness (QED) is 0.296. The molecule has 0 nitrogen and oxygen atoms in total. The minimum absolute atomic E-state index is 0. The topological polar surface area (TPSA) is 0 Å². The van der Waals surface area contributed by atoms with Crippen molar-refractivity contribution >= 4 is 23.2 Å². The molecule has 5 heavy (non-hydrogen) atoms. The van der Waals surface area contributed by atoms with Gasteiger partial charge in [0.15, 0.2) is 0 Å². The van der Waals surface area contributed by atoms with Crippen LogP contribution in [0.25, 0.3) is 0 Å². The maximum atomic E-state index is 5.05. The van der Waals surface area contributed by atoms with Gasteiger partial charge in [-0.15, -0.1) is 23.2 Å². The van der Waals surface area contributed by atoms with Gasteiger partial charge >= 0.3 is 29.6 Å². The van der Waals surface area contributed by atoms with Crippen molar-refractivity contribution in [1.82, 2.24) is 0 Å². The summed E-state index contributed by atoms with van der Waals surface area (Å²) in [7, 11) is 0. The number of hydrogen-bond donors (Lipinski definition) is 0. The molecule has 0 rings (SSSR count). The van der Waals surface area contributed by atoms with Gasteiger partial charge < -0.3 is 1.43 Å². The van der Waals surface area contributed by atoms with E-state index < -0.39 is 0 Å². The Kier molecular flexibility index (Phi) is 17.8. The third-order valence-corrected chi connectivity index (χ3v) is 0.643. The summed E-state index contributed by atoms with van der Waals surface area (Å²) in [5.41, 5.74) is 0. The third kappa shape index (κ3) is 10.7. The standard InChI is InChI=1S/C2H4Cl2.Na.H/c3-1-2-4;;/h1-2H2;;/q;+1;-1. The molecular formula is C2H5Cl2Na. The predicted octanol–water partition coefficient (Wildman–Crippen LogP) is -1.42. The van der Waals surface area contributed by atoms with E-state index in [2.05, 4.69) is 0 Å². The van der Waals surface area contributed by atoms with Gasteiger partial charge in [0.25, 0.3) is 0 Å². The van der Waals surface area contributed by atoms with Crippen LogP contribution in [0.1, 0.15) is 1.43 Å². The maximum Gasteiger partial charge on any atom is 1.00 e. The Bertz CT molecular complexity index is 13.5. The van der Waals surface area contributed by atoms with Crippen molar-refractivity contribution in [3.8, 4) is 0 Å². The van der Waals surface area contributed by atoms with Gasteiger partial charge in [-0.3, -0.25) is 0 Å². The van der Waals surface area contributed by atoms with Crippen LogP contribution < -0.4 is 29.6 Å². The summed E-state index contributed by atoms with van der Waals surface area (Å²) in [6.45, 7) is 0. The molecule has 0 fully saturated rings. The molecule has 0 saturated carbocycles. The number of halogens is 2. The van der Waals surface area contributed by atoms with Crippen molar-refractivity contribution < 1.29 is 31.0 Å². The zero-order valence-electron chi connectivity index (χ0n) is 4.17. The third-order valence-electron chi connectivity index (χ3n) is 0.0714. The van der Waals surface area contributed by atoms with E-state index in [9.17, 15) is 0 Å². The summed E-state index contributed by atoms with van der Waals surface area (Å²) in [6.07, 6.45) is 0. The van der Waals surface area contributed by atoms with Gasteiger partial charge in [-0.05, 0) is 0 Å². The van der Waals surface area contributed by atoms with Crippen molar-refractivity contribution in [2.24, 2.45) is 0 Å². The molecule has 0 aromatic carbocycles. The van der Waals surface area contributed by atoms with Crippen LogP contribution in [0.5, 0.6) is 0 Å². The number of hydrogen-bond acceptors (Lipinski definition) is 0. The van der Waals surface area contributed by atoms with Crippen LogP contribution in [0.4, 0.5) is 0 Å². The van der Waals surface area contributed by atoms with Gasteiger partial charge in [0.05, 0.1) is 0 Å². The molecule has 0 spiro atoms. The van der Waals surface area contributed by atoms with Crippen LogP contribution in [-0.2, 0) is 0 Å². The summed E-state index contributed by atoms with van der Waals surface area (Å²) in [6, 6.07) is 0. The zero-order valence-corrected chi connectivity index (χ0v) is 6.68. The van der Waals surface area contributed by atoms with E-state index in [0.717, 1.165) is 0 Å². The molecular weight excluding hydrogens is 118 g/mol. The van der Waals surface area contributed by atoms with Crippen LogP contribution in [-0.4, -0.2) is 11.8 Å². The van der Waals surface area contributed by atoms with E-state index in [1.54, 1.807) is 0 Å². The van der Waals surface area contributed by atoms with E-state index in [-0.39, 0.29) is 31.0 Å². The number of rotatable bonds is 1. The van der Waals surface area contributed by atoms with Crippen molar-refractivity contribution in [2.45, 2.75) is 0 Å². The van der Waals surface area contributed by atoms with Crippen molar-refractivity contribution in [2.75, 3.05) is 11.8 Å². The first-order valence-corrected chi connectivity index (χ1v) is 2.10. The number of alkyl halides is 2. The SMILES string of the molecule is ClCCCl.[H-].[Na+]. The first-order valence-electron chi connectivity index (χ1n) is 1.03. The molecule has 0 radical (unpaired) electrons. The summed E-state index contributed by atoms with van der Waals surface area (Å²) in [4.78, 5) is 0. The summed E-state index contributed by atoms with van der Waals surface area (Å²) < 4.78 is 0. The van der Waals surface area contributed by atoms with Gasteiger partial charge in [0.1, 0.15) is 0 Å². The average molecular weight is 123 g/mol. The van der Waals surface area contributed by atoms with E-state index in [1.807, 2.05) is 0 Å². The van der Waals surface area contributed by atoms with Crippen LogP contribution in [0.2, 0.25) is 0 Å². The minimum atomic E-state index is 0. The van der Waals surface area contributed by atoms with Gasteiger partial charge in [0, 0.05) is 11.8 Å². The van der Waals surface area contributed by atoms with E-state index in [1.165, 1.54) is 0 Å². The van der Waals surface area contributed by atoms with E-state index >= 15 is 0 Å². The van der Waals surface area contributed by atoms with Crippen molar-refractivity contribution in [1.29, 1.82) is 0 Å². The zero-order chi connectivity index (χ0) is 3.41. The van der Waals surface area contributed by atoms with Gasteiger partial charge in [-0.1, -0.05) is 0 Å². The summed E-state index contributed by atoms with van der Waals surface area (Å²) in [5, 5.41) is 0. The van der Waals surface area contributed by atoms with E-state index in [4.69, 9.17) is 23.2 Å². The van der Waals surface area contributed by atoms with Gasteiger partial charge in [0.2, 0.25) is 0 Å². The molecule has 0 bridgehead atoms. The molecule has 0 N–H and O–H groups in total. The van der Waals surface area contributed by atoms with Crippen molar-refractivity contribution in [3.05, 3.63) is 0 Å². The Morgan fingerprint density at radius 2 is 1.40 bits per heavy atom. The Morgan fingerprint density at radius 1 is 1.20 bits per heavy atom. The van der Waals surface area contributed by atoms with Crippen LogP contribution in [0.3, 0.4) is 0 Å². The first-order chi connectivity index (χ1) is 1.91. The second-order valence-electron chi connectivity index (χ2n) is 0.378. The minimum Gasteiger partial charge on any atom is -1.00 e. The predicted molar refractivity (Wildman–Crippen MR) is 22.6 cm³/mol. The van der Waals surface area contributed by atoms with Crippen LogP contribution in [0.15, 0.2) is 0 Å². The molecule has 0 heterocycles. The fraction of sp³-hybridized carbons (Fsp3) is 1.00. The average Bonchev–Trinajstić information content (AvgIpc) is 1.37. The molecule has 3 heteroatoms. The molecule has 0 aliphatic carbocycles. The summed E-state index contributed by atoms with van der Waals surface area (Å²) >= 11 is 10.1. The molecule has 0 amide bonds. The maximum absolute atomic E-state index is 5.05. The molecule has 28 valence electrons. The molecule has 0 aliphatic heterocycles. The molecule has 0 saturated heterocycles. The second kappa shape index (κ2) is 9.13. The first kappa shape index (κ1) is 9.77. The Hall–Kier alpha value is 1.58. The smallest absolute Gasteiger partial charge is 1.00 e. The van der Waals surface area contributed by atoms with Crippen molar-refractivity contribution in [3.63, 3.8) is 0 Å². The fourth-order valence-electron chi connectivity index (χ4n) is 0. The normalized spacial score (nSPS) is 6.00. The Balaban J connectivity index is -0.0000000450. The fourth-order valence-corrected chi connectivity index (χ4v) is 0. The summed E-state index contributed by atoms with van der Waals surface area (Å²) in [5.74, 6) is 1.11. The molecule has 0 aromatic heterocycles. The van der Waals surface area contributed by atoms with Crippen LogP contribution in [0, 0.1) is 0 Å².